The zero-order valence-corrected chi connectivity index (χ0v) is 23.2. The van der Waals surface area contributed by atoms with Crippen LogP contribution in [0.15, 0.2) is 89.9 Å². The number of alkyl halides is 6. The molecule has 6 nitrogen and oxygen atoms in total. The van der Waals surface area contributed by atoms with Gasteiger partial charge in [-0.3, -0.25) is 0 Å². The predicted molar refractivity (Wildman–Crippen MR) is 156 cm³/mol. The SMILES string of the molecule is N#CN=C1c2ccc(-c3ccc(C(F)(F)F)cc3)cc2-c2nc3c(nc21)-c1cc(-c2ccc(C(F)(F)F)cc2)ccc1C3NC#N. The summed E-state index contributed by atoms with van der Waals surface area (Å²) >= 11 is 0. The van der Waals surface area contributed by atoms with E-state index in [-0.39, 0.29) is 5.71 Å². The highest BCUT2D eigenvalue weighted by Crippen LogP contribution is 2.47. The van der Waals surface area contributed by atoms with Crippen molar-refractivity contribution in [3.8, 4) is 57.2 Å². The van der Waals surface area contributed by atoms with E-state index in [0.717, 1.165) is 24.3 Å². The van der Waals surface area contributed by atoms with E-state index in [1.165, 1.54) is 24.3 Å². The van der Waals surface area contributed by atoms with Crippen LogP contribution in [0.1, 0.15) is 39.7 Å². The maximum absolute atomic E-state index is 13.1. The number of benzene rings is 4. The maximum Gasteiger partial charge on any atom is 0.416 e. The number of aliphatic imine (C=N–C) groups is 1. The first-order valence-electron chi connectivity index (χ1n) is 13.7. The van der Waals surface area contributed by atoms with Gasteiger partial charge in [-0.1, -0.05) is 48.5 Å². The van der Waals surface area contributed by atoms with E-state index in [9.17, 15) is 36.9 Å². The van der Waals surface area contributed by atoms with Gasteiger partial charge in [0.25, 0.3) is 0 Å². The highest BCUT2D eigenvalue weighted by atomic mass is 19.4. The van der Waals surface area contributed by atoms with E-state index in [2.05, 4.69) is 10.3 Å². The third kappa shape index (κ3) is 4.63. The summed E-state index contributed by atoms with van der Waals surface area (Å²) in [5.41, 5.74) is 4.94. The molecular formula is C34H16F6N6. The van der Waals surface area contributed by atoms with Crippen LogP contribution in [0.3, 0.4) is 0 Å². The second-order valence-corrected chi connectivity index (χ2v) is 10.6. The predicted octanol–water partition coefficient (Wildman–Crippen LogP) is 8.29. The molecule has 12 heteroatoms. The van der Waals surface area contributed by atoms with Gasteiger partial charge >= 0.3 is 12.4 Å². The van der Waals surface area contributed by atoms with E-state index in [4.69, 9.17) is 9.97 Å². The Morgan fingerprint density at radius 2 is 1.15 bits per heavy atom. The van der Waals surface area contributed by atoms with Crippen LogP contribution in [0.5, 0.6) is 0 Å². The Balaban J connectivity index is 1.35. The Morgan fingerprint density at radius 1 is 0.609 bits per heavy atom. The van der Waals surface area contributed by atoms with Crippen molar-refractivity contribution in [1.29, 1.82) is 10.5 Å². The van der Waals surface area contributed by atoms with Crippen LogP contribution in [0.25, 0.3) is 44.8 Å². The lowest BCUT2D eigenvalue weighted by Gasteiger charge is -2.12. The van der Waals surface area contributed by atoms with Crippen molar-refractivity contribution in [3.63, 3.8) is 0 Å². The largest absolute Gasteiger partial charge is 0.416 e. The van der Waals surface area contributed by atoms with Crippen molar-refractivity contribution in [2.45, 2.75) is 18.4 Å². The van der Waals surface area contributed by atoms with Crippen LogP contribution in [0.4, 0.5) is 26.3 Å². The molecule has 1 aromatic heterocycles. The molecule has 46 heavy (non-hydrogen) atoms. The Bertz CT molecular complexity index is 2170. The Morgan fingerprint density at radius 3 is 1.70 bits per heavy atom. The number of nitrogens with one attached hydrogen (secondary N) is 1. The van der Waals surface area contributed by atoms with E-state index in [0.29, 0.717) is 67.3 Å². The van der Waals surface area contributed by atoms with Gasteiger partial charge in [-0.05, 0) is 64.2 Å². The van der Waals surface area contributed by atoms with Gasteiger partial charge < -0.3 is 5.32 Å². The van der Waals surface area contributed by atoms with Gasteiger partial charge in [0.1, 0.15) is 17.4 Å². The molecule has 0 aliphatic heterocycles. The molecule has 0 bridgehead atoms. The second kappa shape index (κ2) is 10.3. The first kappa shape index (κ1) is 28.7. The van der Waals surface area contributed by atoms with Crippen molar-refractivity contribution in [1.82, 2.24) is 15.3 Å². The monoisotopic (exact) mass is 622 g/mol. The summed E-state index contributed by atoms with van der Waals surface area (Å²) in [6, 6.07) is 19.2. The molecule has 1 atom stereocenters. The number of aromatic nitrogens is 2. The summed E-state index contributed by atoms with van der Waals surface area (Å²) < 4.78 is 78.7. The van der Waals surface area contributed by atoms with Gasteiger partial charge in [0.2, 0.25) is 6.19 Å². The van der Waals surface area contributed by atoms with Crippen molar-refractivity contribution in [3.05, 3.63) is 119 Å². The Hall–Kier alpha value is -6.01. The number of nitriles is 2. The molecule has 0 radical (unpaired) electrons. The topological polar surface area (TPSA) is 97.8 Å². The van der Waals surface area contributed by atoms with Crippen LogP contribution in [0.2, 0.25) is 0 Å². The normalized spacial score (nSPS) is 15.4. The van der Waals surface area contributed by atoms with E-state index < -0.39 is 29.5 Å². The van der Waals surface area contributed by atoms with Crippen LogP contribution < -0.4 is 5.32 Å². The van der Waals surface area contributed by atoms with Crippen LogP contribution in [-0.2, 0) is 12.4 Å². The maximum atomic E-state index is 13.1. The molecular weight excluding hydrogens is 606 g/mol. The summed E-state index contributed by atoms with van der Waals surface area (Å²) in [6.07, 6.45) is -5.20. The molecule has 2 aliphatic rings. The van der Waals surface area contributed by atoms with Gasteiger partial charge in [-0.25, -0.2) is 9.97 Å². The highest BCUT2D eigenvalue weighted by Gasteiger charge is 2.38. The first-order chi connectivity index (χ1) is 22.0. The van der Waals surface area contributed by atoms with Crippen molar-refractivity contribution in [2.75, 3.05) is 0 Å². The first-order valence-corrected chi connectivity index (χ1v) is 13.7. The average molecular weight is 623 g/mol. The number of nitrogens with zero attached hydrogens (tertiary/aromatic N) is 5. The molecule has 1 unspecified atom stereocenters. The van der Waals surface area contributed by atoms with Crippen molar-refractivity contribution >= 4 is 5.71 Å². The standard InChI is InChI=1S/C34H16F6N6/c35-33(36,37)21-7-1-17(2-8-21)19-5-11-23-25(13-19)29-31(27(23)43-15-41)46-30-26-14-20(18-3-9-22(10-4-18)34(38,39)40)6-12-24(26)28(44-16-42)32(30)45-29/h1-14,27,43H. The molecule has 0 amide bonds. The highest BCUT2D eigenvalue weighted by molar-refractivity contribution is 6.23. The number of hydrogen-bond acceptors (Lipinski definition) is 6. The van der Waals surface area contributed by atoms with Crippen molar-refractivity contribution in [2.24, 2.45) is 4.99 Å². The van der Waals surface area contributed by atoms with E-state index >= 15 is 0 Å². The van der Waals surface area contributed by atoms with Crippen LogP contribution >= 0.6 is 0 Å². The molecule has 224 valence electrons. The molecule has 1 heterocycles. The zero-order valence-electron chi connectivity index (χ0n) is 23.2. The minimum atomic E-state index is -4.47. The van der Waals surface area contributed by atoms with Gasteiger partial charge in [0.15, 0.2) is 6.19 Å². The molecule has 4 aromatic carbocycles. The third-order valence-corrected chi connectivity index (χ3v) is 8.03. The molecule has 7 rings (SSSR count). The third-order valence-electron chi connectivity index (χ3n) is 8.03. The number of rotatable bonds is 3. The molecule has 2 aliphatic carbocycles. The van der Waals surface area contributed by atoms with Gasteiger partial charge in [0, 0.05) is 16.7 Å². The van der Waals surface area contributed by atoms with Crippen molar-refractivity contribution < 1.29 is 26.3 Å². The van der Waals surface area contributed by atoms with Gasteiger partial charge in [0.05, 0.1) is 28.2 Å². The fourth-order valence-electron chi connectivity index (χ4n) is 5.87. The molecule has 5 aromatic rings. The molecule has 1 N–H and O–H groups in total. The summed E-state index contributed by atoms with van der Waals surface area (Å²) in [7, 11) is 0. The van der Waals surface area contributed by atoms with Crippen LogP contribution in [0, 0.1) is 22.9 Å². The fourth-order valence-corrected chi connectivity index (χ4v) is 5.87. The second-order valence-electron chi connectivity index (χ2n) is 10.6. The van der Waals surface area contributed by atoms with Gasteiger partial charge in [-0.15, -0.1) is 0 Å². The molecule has 0 saturated carbocycles. The fraction of sp³-hybridized carbons (Fsp3) is 0.0882. The lowest BCUT2D eigenvalue weighted by molar-refractivity contribution is -0.138. The number of halogens is 6. The minimum absolute atomic E-state index is 0.263. The number of hydrogen-bond donors (Lipinski definition) is 1. The molecule has 0 spiro atoms. The molecule has 0 saturated heterocycles. The summed E-state index contributed by atoms with van der Waals surface area (Å²) in [4.78, 5) is 13.8. The summed E-state index contributed by atoms with van der Waals surface area (Å²) in [5, 5.41) is 21.8. The zero-order chi connectivity index (χ0) is 32.4. The Kier molecular flexibility index (Phi) is 6.42. The smallest absolute Gasteiger partial charge is 0.310 e. The number of fused-ring (bicyclic) bond motifs is 6. The average Bonchev–Trinajstić information content (AvgIpc) is 3.50. The summed E-state index contributed by atoms with van der Waals surface area (Å²) in [6.45, 7) is 0. The minimum Gasteiger partial charge on any atom is -0.310 e. The lowest BCUT2D eigenvalue weighted by atomic mass is 9.98. The summed E-state index contributed by atoms with van der Waals surface area (Å²) in [5.74, 6) is 0. The molecule has 0 fully saturated rings. The van der Waals surface area contributed by atoms with E-state index in [1.807, 2.05) is 6.19 Å². The Labute approximate surface area is 257 Å². The van der Waals surface area contributed by atoms with Crippen LogP contribution in [-0.4, -0.2) is 15.7 Å². The van der Waals surface area contributed by atoms with E-state index in [1.54, 1.807) is 42.6 Å². The quantitative estimate of drug-likeness (QED) is 0.122. The lowest BCUT2D eigenvalue weighted by Crippen LogP contribution is -2.16. The van der Waals surface area contributed by atoms with Gasteiger partial charge in [-0.2, -0.15) is 41.9 Å².